The Kier molecular flexibility index (Phi) is 4.41. The van der Waals surface area contributed by atoms with E-state index in [2.05, 4.69) is 0 Å². The summed E-state index contributed by atoms with van der Waals surface area (Å²) in [6.45, 7) is 0. The second-order valence-corrected chi connectivity index (χ2v) is 5.09. The molecule has 0 radical (unpaired) electrons. The number of nitrogens with zero attached hydrogens (tertiary/aromatic N) is 1. The van der Waals surface area contributed by atoms with Gasteiger partial charge in [0.25, 0.3) is 0 Å². The zero-order valence-corrected chi connectivity index (χ0v) is 12.3. The van der Waals surface area contributed by atoms with Crippen LogP contribution in [0.15, 0.2) is 78.9 Å². The van der Waals surface area contributed by atoms with Gasteiger partial charge in [0.15, 0.2) is 0 Å². The van der Waals surface area contributed by atoms with Gasteiger partial charge in [-0.1, -0.05) is 42.5 Å². The number of benzene rings is 3. The van der Waals surface area contributed by atoms with E-state index in [-0.39, 0.29) is 5.46 Å². The first-order valence-corrected chi connectivity index (χ1v) is 7.22. The third-order valence-corrected chi connectivity index (χ3v) is 3.55. The Morgan fingerprint density at radius 3 is 1.65 bits per heavy atom. The molecule has 0 saturated heterocycles. The van der Waals surface area contributed by atoms with Crippen LogP contribution in [0.1, 0.15) is 0 Å². The lowest BCUT2D eigenvalue weighted by molar-refractivity contribution is 0.423. The van der Waals surface area contributed by atoms with Crippen molar-refractivity contribution in [1.29, 1.82) is 0 Å². The first kappa shape index (κ1) is 15.3. The summed E-state index contributed by atoms with van der Waals surface area (Å²) in [6.07, 6.45) is 0. The van der Waals surface area contributed by atoms with Crippen molar-refractivity contribution in [1.82, 2.24) is 0 Å². The Morgan fingerprint density at radius 2 is 1.22 bits per heavy atom. The second-order valence-electron chi connectivity index (χ2n) is 5.09. The quantitative estimate of drug-likeness (QED) is 0.728. The van der Waals surface area contributed by atoms with Gasteiger partial charge < -0.3 is 14.9 Å². The lowest BCUT2D eigenvalue weighted by atomic mass is 9.80. The molecule has 0 atom stereocenters. The molecular weight excluding hydrogens is 292 g/mol. The maximum Gasteiger partial charge on any atom is 0.491 e. The van der Waals surface area contributed by atoms with Crippen molar-refractivity contribution in [3.63, 3.8) is 0 Å². The highest BCUT2D eigenvalue weighted by Crippen LogP contribution is 2.33. The van der Waals surface area contributed by atoms with Crippen molar-refractivity contribution in [2.75, 3.05) is 4.90 Å². The van der Waals surface area contributed by atoms with E-state index in [4.69, 9.17) is 0 Å². The van der Waals surface area contributed by atoms with Crippen molar-refractivity contribution in [2.45, 2.75) is 0 Å². The average molecular weight is 307 g/mol. The van der Waals surface area contributed by atoms with Crippen LogP contribution in [0.3, 0.4) is 0 Å². The van der Waals surface area contributed by atoms with Crippen LogP contribution in [0.5, 0.6) is 0 Å². The lowest BCUT2D eigenvalue weighted by Gasteiger charge is -2.25. The lowest BCUT2D eigenvalue weighted by Crippen LogP contribution is -2.32. The summed E-state index contributed by atoms with van der Waals surface area (Å²) in [5.74, 6) is -0.658. The van der Waals surface area contributed by atoms with Crippen molar-refractivity contribution in [2.24, 2.45) is 0 Å². The van der Waals surface area contributed by atoms with Crippen LogP contribution in [0.25, 0.3) is 0 Å². The number of anilines is 3. The molecule has 0 amide bonds. The zero-order valence-electron chi connectivity index (χ0n) is 12.3. The Hall–Kier alpha value is -2.63. The minimum absolute atomic E-state index is 0.144. The van der Waals surface area contributed by atoms with Gasteiger partial charge in [0.1, 0.15) is 5.82 Å². The first-order chi connectivity index (χ1) is 11.2. The highest BCUT2D eigenvalue weighted by Gasteiger charge is 2.19. The summed E-state index contributed by atoms with van der Waals surface area (Å²) in [6, 6.07) is 23.5. The van der Waals surface area contributed by atoms with Crippen LogP contribution < -0.4 is 10.4 Å². The van der Waals surface area contributed by atoms with Gasteiger partial charge in [0, 0.05) is 22.5 Å². The van der Waals surface area contributed by atoms with E-state index in [1.54, 1.807) is 6.07 Å². The van der Waals surface area contributed by atoms with Crippen LogP contribution >= 0.6 is 0 Å². The summed E-state index contributed by atoms with van der Waals surface area (Å²) >= 11 is 0. The van der Waals surface area contributed by atoms with Gasteiger partial charge in [-0.2, -0.15) is 0 Å². The topological polar surface area (TPSA) is 43.7 Å². The van der Waals surface area contributed by atoms with Gasteiger partial charge in [0.05, 0.1) is 0 Å². The van der Waals surface area contributed by atoms with E-state index in [0.717, 1.165) is 11.4 Å². The zero-order chi connectivity index (χ0) is 16.2. The third-order valence-electron chi connectivity index (χ3n) is 3.55. The molecule has 0 aliphatic heterocycles. The van der Waals surface area contributed by atoms with Crippen molar-refractivity contribution in [3.8, 4) is 0 Å². The van der Waals surface area contributed by atoms with Gasteiger partial charge in [-0.3, -0.25) is 0 Å². The molecule has 3 aromatic carbocycles. The fourth-order valence-corrected chi connectivity index (χ4v) is 2.47. The number of rotatable bonds is 4. The maximum atomic E-state index is 14.1. The molecule has 3 nitrogen and oxygen atoms in total. The Labute approximate surface area is 134 Å². The highest BCUT2D eigenvalue weighted by atomic mass is 19.1. The van der Waals surface area contributed by atoms with Crippen LogP contribution in [0.2, 0.25) is 0 Å². The maximum absolute atomic E-state index is 14.1. The summed E-state index contributed by atoms with van der Waals surface area (Å²) < 4.78 is 14.1. The van der Waals surface area contributed by atoms with E-state index < -0.39 is 12.9 Å². The van der Waals surface area contributed by atoms with Crippen molar-refractivity contribution < 1.29 is 14.4 Å². The van der Waals surface area contributed by atoms with Crippen LogP contribution in [0.4, 0.5) is 21.5 Å². The first-order valence-electron chi connectivity index (χ1n) is 7.22. The molecule has 3 aromatic rings. The van der Waals surface area contributed by atoms with Crippen LogP contribution in [-0.2, 0) is 0 Å². The van der Waals surface area contributed by atoms with E-state index in [9.17, 15) is 14.4 Å². The molecule has 0 heterocycles. The summed E-state index contributed by atoms with van der Waals surface area (Å²) in [5, 5.41) is 18.3. The number of hydrogen-bond donors (Lipinski definition) is 2. The van der Waals surface area contributed by atoms with Gasteiger partial charge in [-0.25, -0.2) is 4.39 Å². The fourth-order valence-electron chi connectivity index (χ4n) is 2.47. The summed E-state index contributed by atoms with van der Waals surface area (Å²) in [7, 11) is -1.83. The predicted molar refractivity (Wildman–Crippen MR) is 90.9 cm³/mol. The predicted octanol–water partition coefficient (Wildman–Crippen LogP) is 2.98. The Bertz CT molecular complexity index is 742. The molecule has 0 aliphatic rings. The normalized spacial score (nSPS) is 10.4. The smallest absolute Gasteiger partial charge is 0.423 e. The fraction of sp³-hybridized carbons (Fsp3) is 0. The van der Waals surface area contributed by atoms with Crippen LogP contribution in [-0.4, -0.2) is 17.2 Å². The molecule has 0 aliphatic carbocycles. The Morgan fingerprint density at radius 1 is 0.696 bits per heavy atom. The molecule has 114 valence electrons. The monoisotopic (exact) mass is 307 g/mol. The van der Waals surface area contributed by atoms with Crippen LogP contribution in [0, 0.1) is 5.82 Å². The average Bonchev–Trinajstić information content (AvgIpc) is 2.57. The van der Waals surface area contributed by atoms with Crippen molar-refractivity contribution in [3.05, 3.63) is 84.7 Å². The number of para-hydroxylation sites is 2. The molecule has 0 saturated carbocycles. The molecule has 3 rings (SSSR count). The van der Waals surface area contributed by atoms with E-state index in [1.807, 2.05) is 65.6 Å². The molecular formula is C18H15BFNO2. The van der Waals surface area contributed by atoms with E-state index in [1.165, 1.54) is 12.1 Å². The largest absolute Gasteiger partial charge is 0.491 e. The number of halogens is 1. The SMILES string of the molecule is OB(O)c1ccc(N(c2ccccc2)c2ccccc2)cc1F. The third kappa shape index (κ3) is 3.26. The van der Waals surface area contributed by atoms with Gasteiger partial charge in [-0.05, 0) is 36.4 Å². The minimum Gasteiger partial charge on any atom is -0.423 e. The molecule has 0 fully saturated rings. The molecule has 5 heteroatoms. The number of hydrogen-bond acceptors (Lipinski definition) is 3. The minimum atomic E-state index is -1.83. The second kappa shape index (κ2) is 6.65. The molecule has 23 heavy (non-hydrogen) atoms. The Balaban J connectivity index is 2.11. The van der Waals surface area contributed by atoms with Gasteiger partial charge in [0.2, 0.25) is 0 Å². The molecule has 0 unspecified atom stereocenters. The van der Waals surface area contributed by atoms with Crippen molar-refractivity contribution >= 4 is 29.6 Å². The molecule has 2 N–H and O–H groups in total. The summed E-state index contributed by atoms with van der Waals surface area (Å²) in [4.78, 5) is 1.90. The standard InChI is InChI=1S/C18H15BFNO2/c20-18-13-16(11-12-17(18)19(22)23)21(14-7-3-1-4-8-14)15-9-5-2-6-10-15/h1-13,22-23H. The van der Waals surface area contributed by atoms with Gasteiger partial charge in [-0.15, -0.1) is 0 Å². The van der Waals surface area contributed by atoms with E-state index >= 15 is 0 Å². The van der Waals surface area contributed by atoms with E-state index in [0.29, 0.717) is 5.69 Å². The molecule has 0 spiro atoms. The summed E-state index contributed by atoms with van der Waals surface area (Å²) in [5.41, 5.74) is 2.23. The molecule has 0 bridgehead atoms. The van der Waals surface area contributed by atoms with Gasteiger partial charge >= 0.3 is 7.12 Å². The molecule has 0 aromatic heterocycles. The highest BCUT2D eigenvalue weighted by molar-refractivity contribution is 6.58.